The summed E-state index contributed by atoms with van der Waals surface area (Å²) in [5, 5.41) is 2.14. The molecule has 0 spiro atoms. The molecule has 0 saturated carbocycles. The van der Waals surface area contributed by atoms with Crippen molar-refractivity contribution in [3.8, 4) is 11.4 Å². The molecule has 252 valence electrons. The Morgan fingerprint density at radius 2 is 1.08 bits per heavy atom. The number of thiophene rings is 2. The Hall–Kier alpha value is -5.37. The standard InChI is InChI=1S/C18H15ClN4OS.C18H17N5OS/c2*1-10-4-6-11(7-5-10)23-9-20-15-14-12(22(2)3)8-13(19)21-17(14)25-16(15)18(23)24/h4-9H,1-3H3;4-9H,1-3H3,(H2,19,21). The molecule has 0 radical (unpaired) electrons. The highest BCUT2D eigenvalue weighted by Crippen LogP contribution is 2.38. The van der Waals surface area contributed by atoms with E-state index in [1.54, 1.807) is 27.9 Å². The molecule has 0 atom stereocenters. The number of nitrogens with two attached hydrogens (primary N) is 1. The van der Waals surface area contributed by atoms with Crippen molar-refractivity contribution in [2.24, 2.45) is 0 Å². The summed E-state index contributed by atoms with van der Waals surface area (Å²) in [6.45, 7) is 4.02. The summed E-state index contributed by atoms with van der Waals surface area (Å²) in [4.78, 5) is 49.3. The van der Waals surface area contributed by atoms with Gasteiger partial charge in [0.15, 0.2) is 0 Å². The van der Waals surface area contributed by atoms with Crippen LogP contribution in [0.2, 0.25) is 5.15 Å². The van der Waals surface area contributed by atoms with Gasteiger partial charge >= 0.3 is 0 Å². The van der Waals surface area contributed by atoms with Crippen molar-refractivity contribution in [1.29, 1.82) is 0 Å². The fraction of sp³-hybridized carbons (Fsp3) is 0.167. The highest BCUT2D eigenvalue weighted by Gasteiger charge is 2.19. The molecule has 0 aliphatic carbocycles. The minimum absolute atomic E-state index is 0.0971. The van der Waals surface area contributed by atoms with Crippen LogP contribution in [0.1, 0.15) is 11.1 Å². The van der Waals surface area contributed by atoms with Crippen molar-refractivity contribution in [1.82, 2.24) is 29.1 Å². The maximum atomic E-state index is 13.0. The van der Waals surface area contributed by atoms with E-state index in [4.69, 9.17) is 17.3 Å². The van der Waals surface area contributed by atoms with Gasteiger partial charge in [0, 0.05) is 34.3 Å². The van der Waals surface area contributed by atoms with Crippen molar-refractivity contribution in [3.63, 3.8) is 0 Å². The first-order valence-electron chi connectivity index (χ1n) is 15.5. The Balaban J connectivity index is 0.000000157. The van der Waals surface area contributed by atoms with Crippen LogP contribution in [-0.4, -0.2) is 57.3 Å². The van der Waals surface area contributed by atoms with Gasteiger partial charge in [0.05, 0.1) is 33.5 Å². The molecule has 6 heterocycles. The van der Waals surface area contributed by atoms with Crippen LogP contribution in [0.3, 0.4) is 0 Å². The Morgan fingerprint density at radius 3 is 1.52 bits per heavy atom. The summed E-state index contributed by atoms with van der Waals surface area (Å²) in [5.41, 5.74) is 12.7. The van der Waals surface area contributed by atoms with Crippen LogP contribution >= 0.6 is 34.3 Å². The van der Waals surface area contributed by atoms with Crippen LogP contribution in [0.15, 0.2) is 82.9 Å². The molecule has 2 N–H and O–H groups in total. The minimum atomic E-state index is -0.0994. The zero-order chi connectivity index (χ0) is 35.4. The normalized spacial score (nSPS) is 11.3. The maximum Gasteiger partial charge on any atom is 0.275 e. The first kappa shape index (κ1) is 33.1. The largest absolute Gasteiger partial charge is 0.384 e. The zero-order valence-electron chi connectivity index (χ0n) is 28.1. The van der Waals surface area contributed by atoms with Crippen LogP contribution in [0.25, 0.3) is 52.2 Å². The molecule has 8 aromatic rings. The second kappa shape index (κ2) is 12.8. The monoisotopic (exact) mass is 721 g/mol. The Kier molecular flexibility index (Phi) is 8.50. The Morgan fingerprint density at radius 1 is 0.660 bits per heavy atom. The van der Waals surface area contributed by atoms with Crippen molar-refractivity contribution in [2.75, 3.05) is 43.7 Å². The first-order valence-corrected chi connectivity index (χ1v) is 17.5. The summed E-state index contributed by atoms with van der Waals surface area (Å²) >= 11 is 8.80. The third kappa shape index (κ3) is 5.82. The number of nitrogen functional groups attached to an aromatic ring is 1. The molecule has 11 nitrogen and oxygen atoms in total. The number of pyridine rings is 2. The van der Waals surface area contributed by atoms with Crippen molar-refractivity contribution in [3.05, 3.63) is 110 Å². The summed E-state index contributed by atoms with van der Waals surface area (Å²) < 4.78 is 4.29. The molecular formula is C36H32ClN9O2S2. The molecule has 14 heteroatoms. The number of benzene rings is 2. The molecule has 0 unspecified atom stereocenters. The van der Waals surface area contributed by atoms with E-state index < -0.39 is 0 Å². The lowest BCUT2D eigenvalue weighted by Gasteiger charge is -2.14. The van der Waals surface area contributed by atoms with Crippen LogP contribution in [0, 0.1) is 13.8 Å². The molecule has 50 heavy (non-hydrogen) atoms. The van der Waals surface area contributed by atoms with E-state index in [9.17, 15) is 9.59 Å². The first-order chi connectivity index (χ1) is 23.9. The van der Waals surface area contributed by atoms with Crippen molar-refractivity contribution in [2.45, 2.75) is 13.8 Å². The van der Waals surface area contributed by atoms with Gasteiger partial charge in [0.25, 0.3) is 11.1 Å². The predicted molar refractivity (Wildman–Crippen MR) is 209 cm³/mol. The third-order valence-corrected chi connectivity index (χ3v) is 10.6. The average molecular weight is 722 g/mol. The fourth-order valence-corrected chi connectivity index (χ4v) is 8.09. The zero-order valence-corrected chi connectivity index (χ0v) is 30.5. The smallest absolute Gasteiger partial charge is 0.275 e. The number of nitrogens with zero attached hydrogens (tertiary/aromatic N) is 8. The number of halogens is 1. The third-order valence-electron chi connectivity index (χ3n) is 8.24. The van der Waals surface area contributed by atoms with Crippen molar-refractivity contribution >= 4 is 92.3 Å². The van der Waals surface area contributed by atoms with Gasteiger partial charge in [0.2, 0.25) is 0 Å². The molecule has 0 aliphatic rings. The number of hydrogen-bond acceptors (Lipinski definition) is 11. The topological polar surface area (TPSA) is 128 Å². The minimum Gasteiger partial charge on any atom is -0.384 e. The summed E-state index contributed by atoms with van der Waals surface area (Å²) in [6, 6.07) is 19.2. The molecular weight excluding hydrogens is 690 g/mol. The van der Waals surface area contributed by atoms with Crippen molar-refractivity contribution < 1.29 is 0 Å². The molecule has 0 aliphatic heterocycles. The van der Waals surface area contributed by atoms with Gasteiger partial charge in [-0.2, -0.15) is 0 Å². The lowest BCUT2D eigenvalue weighted by Crippen LogP contribution is -2.17. The summed E-state index contributed by atoms with van der Waals surface area (Å²) in [6.07, 6.45) is 3.16. The molecule has 6 aromatic heterocycles. The number of aromatic nitrogens is 6. The van der Waals surface area contributed by atoms with E-state index >= 15 is 0 Å². The number of fused-ring (bicyclic) bond motifs is 6. The lowest BCUT2D eigenvalue weighted by atomic mass is 10.2. The van der Waals surface area contributed by atoms with E-state index in [1.165, 1.54) is 22.7 Å². The number of rotatable bonds is 4. The van der Waals surface area contributed by atoms with Gasteiger partial charge in [-0.15, -0.1) is 22.7 Å². The van der Waals surface area contributed by atoms with Gasteiger partial charge in [-0.25, -0.2) is 19.9 Å². The quantitative estimate of drug-likeness (QED) is 0.192. The van der Waals surface area contributed by atoms with Crippen LogP contribution in [-0.2, 0) is 0 Å². The maximum absolute atomic E-state index is 13.0. The predicted octanol–water partition coefficient (Wildman–Crippen LogP) is 6.98. The van der Waals surface area contributed by atoms with Crippen LogP contribution in [0.4, 0.5) is 17.2 Å². The van der Waals surface area contributed by atoms with E-state index in [0.717, 1.165) is 54.3 Å². The van der Waals surface area contributed by atoms with Crippen LogP contribution < -0.4 is 26.7 Å². The molecule has 0 saturated heterocycles. The van der Waals surface area contributed by atoms with E-state index in [1.807, 2.05) is 106 Å². The highest BCUT2D eigenvalue weighted by atomic mass is 35.5. The van der Waals surface area contributed by atoms with Gasteiger partial charge in [0.1, 0.15) is 53.7 Å². The van der Waals surface area contributed by atoms with Gasteiger partial charge in [-0.05, 0) is 44.2 Å². The Labute approximate surface area is 299 Å². The van der Waals surface area contributed by atoms with Crippen LogP contribution in [0.5, 0.6) is 0 Å². The fourth-order valence-electron chi connectivity index (χ4n) is 5.69. The van der Waals surface area contributed by atoms with Gasteiger partial charge in [-0.3, -0.25) is 18.7 Å². The second-order valence-corrected chi connectivity index (χ2v) is 14.6. The molecule has 0 amide bonds. The summed E-state index contributed by atoms with van der Waals surface area (Å²) in [5.74, 6) is 0.432. The molecule has 2 aromatic carbocycles. The number of hydrogen-bond donors (Lipinski definition) is 1. The second-order valence-electron chi connectivity index (χ2n) is 12.2. The SMILES string of the molecule is Cc1ccc(-n2cnc3c(sc4nc(Cl)cc(N(C)C)c43)c2=O)cc1.Cc1ccc(-n2cnc3c(sc4nc(N)cc(N(C)C)c43)c2=O)cc1. The van der Waals surface area contributed by atoms with E-state index in [2.05, 4.69) is 19.9 Å². The summed E-state index contributed by atoms with van der Waals surface area (Å²) in [7, 11) is 7.74. The highest BCUT2D eigenvalue weighted by molar-refractivity contribution is 7.25. The van der Waals surface area contributed by atoms with E-state index in [-0.39, 0.29) is 11.1 Å². The molecule has 0 fully saturated rings. The number of anilines is 3. The molecule has 0 bridgehead atoms. The average Bonchev–Trinajstić information content (AvgIpc) is 3.65. The van der Waals surface area contributed by atoms with Gasteiger partial charge < -0.3 is 15.5 Å². The molecule has 8 rings (SSSR count). The number of aryl methyl sites for hydroxylation is 2. The van der Waals surface area contributed by atoms with Gasteiger partial charge in [-0.1, -0.05) is 47.0 Å². The van der Waals surface area contributed by atoms with E-state index in [0.29, 0.717) is 31.4 Å². The lowest BCUT2D eigenvalue weighted by molar-refractivity contribution is 0.966. The Bertz CT molecular complexity index is 2510.